The number of amides is 1. The molecule has 1 aliphatic rings. The minimum Gasteiger partial charge on any atom is -0.397 e. The fourth-order valence-electron chi connectivity index (χ4n) is 2.98. The Kier molecular flexibility index (Phi) is 3.76. The smallest absolute Gasteiger partial charge is 0.263 e. The molecule has 4 rings (SSSR count). The van der Waals surface area contributed by atoms with E-state index in [9.17, 15) is 4.79 Å². The molecule has 7 nitrogen and oxygen atoms in total. The zero-order valence-corrected chi connectivity index (χ0v) is 14.8. The van der Waals surface area contributed by atoms with E-state index in [1.54, 1.807) is 6.20 Å². The van der Waals surface area contributed by atoms with E-state index in [0.29, 0.717) is 15.4 Å². The number of fused-ring (bicyclic) bond motifs is 1. The van der Waals surface area contributed by atoms with E-state index in [1.165, 1.54) is 11.3 Å². The van der Waals surface area contributed by atoms with Gasteiger partial charge in [0.25, 0.3) is 5.91 Å². The fourth-order valence-corrected chi connectivity index (χ4v) is 3.99. The Morgan fingerprint density at radius 3 is 2.88 bits per heavy atom. The number of pyridine rings is 1. The Labute approximate surface area is 148 Å². The third-order valence-corrected chi connectivity index (χ3v) is 5.66. The number of aromatic nitrogens is 3. The summed E-state index contributed by atoms with van der Waals surface area (Å²) < 4.78 is 0. The normalized spacial score (nSPS) is 14.6. The lowest BCUT2D eigenvalue weighted by Gasteiger charge is -2.41. The molecule has 0 saturated carbocycles. The molecule has 25 heavy (non-hydrogen) atoms. The summed E-state index contributed by atoms with van der Waals surface area (Å²) in [6.45, 7) is 5.37. The van der Waals surface area contributed by atoms with E-state index in [-0.39, 0.29) is 11.9 Å². The van der Waals surface area contributed by atoms with Gasteiger partial charge in [0, 0.05) is 24.7 Å². The van der Waals surface area contributed by atoms with Crippen molar-refractivity contribution in [3.63, 3.8) is 0 Å². The molecule has 0 atom stereocenters. The van der Waals surface area contributed by atoms with Crippen LogP contribution in [0.15, 0.2) is 24.5 Å². The topological polar surface area (TPSA) is 97.0 Å². The van der Waals surface area contributed by atoms with Gasteiger partial charge in [-0.05, 0) is 31.5 Å². The van der Waals surface area contributed by atoms with Gasteiger partial charge >= 0.3 is 0 Å². The van der Waals surface area contributed by atoms with Crippen molar-refractivity contribution in [3.05, 3.63) is 40.7 Å². The molecular formula is C17H18N6OS. The average Bonchev–Trinajstić information content (AvgIpc) is 2.92. The van der Waals surface area contributed by atoms with Crippen LogP contribution in [0.5, 0.6) is 0 Å². The summed E-state index contributed by atoms with van der Waals surface area (Å²) in [7, 11) is 0. The van der Waals surface area contributed by atoms with Gasteiger partial charge in [-0.15, -0.1) is 16.4 Å². The van der Waals surface area contributed by atoms with Gasteiger partial charge in [-0.1, -0.05) is 0 Å². The first-order valence-corrected chi connectivity index (χ1v) is 8.84. The molecule has 0 aromatic carbocycles. The molecular weight excluding hydrogens is 336 g/mol. The van der Waals surface area contributed by atoms with E-state index in [4.69, 9.17) is 5.73 Å². The van der Waals surface area contributed by atoms with E-state index < -0.39 is 0 Å². The number of aryl methyl sites for hydroxylation is 2. The molecule has 8 heteroatoms. The van der Waals surface area contributed by atoms with Crippen LogP contribution in [-0.4, -0.2) is 40.2 Å². The van der Waals surface area contributed by atoms with Gasteiger partial charge in [-0.2, -0.15) is 5.10 Å². The highest BCUT2D eigenvalue weighted by Crippen LogP contribution is 2.35. The van der Waals surface area contributed by atoms with Crippen molar-refractivity contribution >= 4 is 38.8 Å². The fraction of sp³-hybridized carbons (Fsp3) is 0.294. The zero-order valence-electron chi connectivity index (χ0n) is 14.0. The first-order chi connectivity index (χ1) is 12.0. The van der Waals surface area contributed by atoms with E-state index >= 15 is 0 Å². The minimum atomic E-state index is -0.145. The maximum atomic E-state index is 12.6. The van der Waals surface area contributed by atoms with Crippen LogP contribution in [0.25, 0.3) is 10.2 Å². The van der Waals surface area contributed by atoms with Gasteiger partial charge in [-0.3, -0.25) is 9.78 Å². The summed E-state index contributed by atoms with van der Waals surface area (Å²) in [6.07, 6.45) is 3.57. The molecule has 1 saturated heterocycles. The third kappa shape index (κ3) is 2.68. The summed E-state index contributed by atoms with van der Waals surface area (Å²) in [4.78, 5) is 20.1. The number of thiophene rings is 1. The van der Waals surface area contributed by atoms with Crippen molar-refractivity contribution < 1.29 is 4.79 Å². The zero-order chi connectivity index (χ0) is 17.6. The standard InChI is InChI=1S/C17H18N6OS/c1-9-10(2)21-22-17-13(9)14(18)15(25-17)16(24)20-11-7-23(8-11)12-4-3-5-19-6-12/h3-6,11H,7-8,18H2,1-2H3,(H,20,24). The number of nitrogens with one attached hydrogen (secondary N) is 1. The predicted molar refractivity (Wildman–Crippen MR) is 99.0 cm³/mol. The second-order valence-electron chi connectivity index (χ2n) is 6.22. The van der Waals surface area contributed by atoms with Gasteiger partial charge in [-0.25, -0.2) is 0 Å². The Morgan fingerprint density at radius 1 is 1.36 bits per heavy atom. The lowest BCUT2D eigenvalue weighted by atomic mass is 10.1. The Bertz CT molecular complexity index is 949. The lowest BCUT2D eigenvalue weighted by Crippen LogP contribution is -2.59. The van der Waals surface area contributed by atoms with Crippen LogP contribution in [0.1, 0.15) is 20.9 Å². The number of hydrogen-bond donors (Lipinski definition) is 2. The quantitative estimate of drug-likeness (QED) is 0.746. The number of nitrogens with zero attached hydrogens (tertiary/aromatic N) is 4. The molecule has 3 aromatic heterocycles. The van der Waals surface area contributed by atoms with Crippen molar-refractivity contribution in [2.45, 2.75) is 19.9 Å². The minimum absolute atomic E-state index is 0.103. The van der Waals surface area contributed by atoms with Gasteiger partial charge < -0.3 is 16.0 Å². The molecule has 3 aromatic rings. The molecule has 0 unspecified atom stereocenters. The summed E-state index contributed by atoms with van der Waals surface area (Å²) in [5.74, 6) is -0.145. The van der Waals surface area contributed by atoms with Crippen LogP contribution >= 0.6 is 11.3 Å². The largest absolute Gasteiger partial charge is 0.397 e. The van der Waals surface area contributed by atoms with Gasteiger partial charge in [0.15, 0.2) is 0 Å². The van der Waals surface area contributed by atoms with Crippen molar-refractivity contribution in [1.29, 1.82) is 0 Å². The number of carbonyl (C=O) groups is 1. The second-order valence-corrected chi connectivity index (χ2v) is 7.22. The molecule has 1 fully saturated rings. The van der Waals surface area contributed by atoms with Crippen LogP contribution in [-0.2, 0) is 0 Å². The molecule has 1 amide bonds. The average molecular weight is 354 g/mol. The second kappa shape index (κ2) is 5.96. The maximum absolute atomic E-state index is 12.6. The summed E-state index contributed by atoms with van der Waals surface area (Å²) in [5.41, 5.74) is 9.59. The molecule has 0 radical (unpaired) electrons. The monoisotopic (exact) mass is 354 g/mol. The van der Waals surface area contributed by atoms with Crippen LogP contribution < -0.4 is 16.0 Å². The Morgan fingerprint density at radius 2 is 2.16 bits per heavy atom. The van der Waals surface area contributed by atoms with Gasteiger partial charge in [0.1, 0.15) is 9.71 Å². The molecule has 0 bridgehead atoms. The van der Waals surface area contributed by atoms with E-state index in [0.717, 1.165) is 35.4 Å². The van der Waals surface area contributed by atoms with Crippen LogP contribution in [0.3, 0.4) is 0 Å². The first kappa shape index (κ1) is 15.8. The van der Waals surface area contributed by atoms with Gasteiger partial charge in [0.05, 0.1) is 29.3 Å². The number of rotatable bonds is 3. The number of carbonyl (C=O) groups excluding carboxylic acids is 1. The molecule has 1 aliphatic heterocycles. The highest BCUT2D eigenvalue weighted by atomic mass is 32.1. The predicted octanol–water partition coefficient (Wildman–Crippen LogP) is 1.90. The van der Waals surface area contributed by atoms with E-state index in [1.807, 2.05) is 32.2 Å². The van der Waals surface area contributed by atoms with Crippen LogP contribution in [0.2, 0.25) is 0 Å². The Hall–Kier alpha value is -2.74. The molecule has 3 N–H and O–H groups in total. The van der Waals surface area contributed by atoms with Crippen molar-refractivity contribution in [1.82, 2.24) is 20.5 Å². The number of hydrogen-bond acceptors (Lipinski definition) is 7. The van der Waals surface area contributed by atoms with Crippen LogP contribution in [0.4, 0.5) is 11.4 Å². The molecule has 4 heterocycles. The maximum Gasteiger partial charge on any atom is 0.263 e. The highest BCUT2D eigenvalue weighted by molar-refractivity contribution is 7.21. The molecule has 128 valence electrons. The lowest BCUT2D eigenvalue weighted by molar-refractivity contribution is 0.0935. The van der Waals surface area contributed by atoms with E-state index in [2.05, 4.69) is 25.4 Å². The van der Waals surface area contributed by atoms with Crippen molar-refractivity contribution in [3.8, 4) is 0 Å². The van der Waals surface area contributed by atoms with Crippen molar-refractivity contribution in [2.75, 3.05) is 23.7 Å². The summed E-state index contributed by atoms with van der Waals surface area (Å²) in [6, 6.07) is 4.02. The highest BCUT2D eigenvalue weighted by Gasteiger charge is 2.30. The number of anilines is 2. The van der Waals surface area contributed by atoms with Gasteiger partial charge in [0.2, 0.25) is 0 Å². The molecule has 0 aliphatic carbocycles. The summed E-state index contributed by atoms with van der Waals surface area (Å²) in [5, 5.41) is 12.2. The number of nitrogens with two attached hydrogens (primary N) is 1. The number of nitrogen functional groups attached to an aromatic ring is 1. The first-order valence-electron chi connectivity index (χ1n) is 8.02. The van der Waals surface area contributed by atoms with Crippen molar-refractivity contribution in [2.24, 2.45) is 0 Å². The Balaban J connectivity index is 1.49. The SMILES string of the molecule is Cc1nnc2sc(C(=O)NC3CN(c4cccnc4)C3)c(N)c2c1C. The molecule has 0 spiro atoms. The third-order valence-electron chi connectivity index (χ3n) is 4.57. The van der Waals surface area contributed by atoms with Crippen LogP contribution in [0, 0.1) is 13.8 Å². The summed E-state index contributed by atoms with van der Waals surface area (Å²) >= 11 is 1.29.